The second-order valence-corrected chi connectivity index (χ2v) is 4.45. The molecule has 1 aromatic rings. The second-order valence-electron chi connectivity index (χ2n) is 4.45. The Morgan fingerprint density at radius 1 is 1.50 bits per heavy atom. The summed E-state index contributed by atoms with van der Waals surface area (Å²) in [4.78, 5) is 23.0. The van der Waals surface area contributed by atoms with Gasteiger partial charge in [-0.05, 0) is 24.6 Å². The van der Waals surface area contributed by atoms with E-state index < -0.39 is 10.9 Å². The number of carboxylic acid groups (broad SMARTS) is 1. The number of nitro benzene ring substituents is 1. The van der Waals surface area contributed by atoms with Crippen molar-refractivity contribution in [3.63, 3.8) is 0 Å². The van der Waals surface area contributed by atoms with E-state index in [0.29, 0.717) is 5.56 Å². The quantitative estimate of drug-likeness (QED) is 0.471. The molecular weight excluding hydrogens is 260 g/mol. The van der Waals surface area contributed by atoms with Crippen molar-refractivity contribution in [2.24, 2.45) is 0 Å². The molecule has 1 N–H and O–H groups in total. The molecule has 0 unspecified atom stereocenters. The molecule has 20 heavy (non-hydrogen) atoms. The average molecular weight is 278 g/mol. The van der Waals surface area contributed by atoms with Crippen LogP contribution in [-0.4, -0.2) is 29.6 Å². The van der Waals surface area contributed by atoms with E-state index in [9.17, 15) is 14.9 Å². The number of rotatable bonds is 7. The van der Waals surface area contributed by atoms with Gasteiger partial charge in [-0.15, -0.1) is 0 Å². The standard InChI is InChI=1S/C14H18N2O4/c1-3-4-9-15(2)12-6-7-13(16(19)20)11(10-12)5-8-14(17)18/h5-8,10H,3-4,9H2,1-2H3,(H,17,18)/b8-5+. The lowest BCUT2D eigenvalue weighted by Crippen LogP contribution is -2.18. The molecule has 0 atom stereocenters. The number of carbonyl (C=O) groups is 1. The van der Waals surface area contributed by atoms with Gasteiger partial charge in [0.15, 0.2) is 0 Å². The molecule has 0 fully saturated rings. The molecule has 0 heterocycles. The molecule has 108 valence electrons. The summed E-state index contributed by atoms with van der Waals surface area (Å²) in [5, 5.41) is 19.6. The van der Waals surface area contributed by atoms with Gasteiger partial charge in [-0.2, -0.15) is 0 Å². The molecular formula is C14H18N2O4. The van der Waals surface area contributed by atoms with E-state index in [4.69, 9.17) is 5.11 Å². The Morgan fingerprint density at radius 3 is 2.75 bits per heavy atom. The van der Waals surface area contributed by atoms with Crippen LogP contribution in [0.15, 0.2) is 24.3 Å². The third-order valence-electron chi connectivity index (χ3n) is 2.90. The maximum atomic E-state index is 10.9. The monoisotopic (exact) mass is 278 g/mol. The van der Waals surface area contributed by atoms with Gasteiger partial charge in [0.1, 0.15) is 0 Å². The van der Waals surface area contributed by atoms with Gasteiger partial charge in [0.05, 0.1) is 10.5 Å². The molecule has 0 saturated carbocycles. The number of hydrogen-bond acceptors (Lipinski definition) is 4. The van der Waals surface area contributed by atoms with E-state index in [0.717, 1.165) is 31.1 Å². The number of nitro groups is 1. The summed E-state index contributed by atoms with van der Waals surface area (Å²) in [5.41, 5.74) is 1.02. The molecule has 6 nitrogen and oxygen atoms in total. The van der Waals surface area contributed by atoms with Crippen molar-refractivity contribution in [3.05, 3.63) is 40.0 Å². The Kier molecular flexibility index (Phi) is 5.71. The first-order valence-corrected chi connectivity index (χ1v) is 6.36. The van der Waals surface area contributed by atoms with Crippen molar-refractivity contribution in [2.75, 3.05) is 18.5 Å². The molecule has 0 spiro atoms. The van der Waals surface area contributed by atoms with Gasteiger partial charge in [0.25, 0.3) is 5.69 Å². The van der Waals surface area contributed by atoms with Crippen molar-refractivity contribution in [1.82, 2.24) is 0 Å². The lowest BCUT2D eigenvalue weighted by atomic mass is 10.1. The zero-order chi connectivity index (χ0) is 15.1. The molecule has 0 aliphatic rings. The number of nitrogens with zero attached hydrogens (tertiary/aromatic N) is 2. The fraction of sp³-hybridized carbons (Fsp3) is 0.357. The minimum atomic E-state index is -1.14. The van der Waals surface area contributed by atoms with E-state index in [1.165, 1.54) is 12.1 Å². The fourth-order valence-electron chi connectivity index (χ4n) is 1.76. The van der Waals surface area contributed by atoms with E-state index >= 15 is 0 Å². The van der Waals surface area contributed by atoms with Crippen molar-refractivity contribution in [2.45, 2.75) is 19.8 Å². The summed E-state index contributed by atoms with van der Waals surface area (Å²) >= 11 is 0. The van der Waals surface area contributed by atoms with Crippen molar-refractivity contribution in [1.29, 1.82) is 0 Å². The maximum Gasteiger partial charge on any atom is 0.328 e. The van der Waals surface area contributed by atoms with Gasteiger partial charge in [-0.25, -0.2) is 4.79 Å². The first-order chi connectivity index (χ1) is 9.45. The number of anilines is 1. The topological polar surface area (TPSA) is 83.7 Å². The molecule has 0 bridgehead atoms. The first kappa shape index (κ1) is 15.7. The molecule has 0 amide bonds. The predicted octanol–water partition coefficient (Wildman–Crippen LogP) is 2.93. The third-order valence-corrected chi connectivity index (χ3v) is 2.90. The zero-order valence-corrected chi connectivity index (χ0v) is 11.6. The lowest BCUT2D eigenvalue weighted by molar-refractivity contribution is -0.385. The number of carboxylic acids is 1. The fourth-order valence-corrected chi connectivity index (χ4v) is 1.76. The van der Waals surface area contributed by atoms with Crippen molar-refractivity contribution < 1.29 is 14.8 Å². The van der Waals surface area contributed by atoms with Crippen molar-refractivity contribution >= 4 is 23.4 Å². The Labute approximate surface area is 117 Å². The molecule has 6 heteroatoms. The zero-order valence-electron chi connectivity index (χ0n) is 11.6. The normalized spacial score (nSPS) is 10.7. The lowest BCUT2D eigenvalue weighted by Gasteiger charge is -2.19. The highest BCUT2D eigenvalue weighted by Crippen LogP contribution is 2.25. The number of benzene rings is 1. The van der Waals surface area contributed by atoms with Gasteiger partial charge in [0, 0.05) is 31.4 Å². The summed E-state index contributed by atoms with van der Waals surface area (Å²) in [6, 6.07) is 4.71. The summed E-state index contributed by atoms with van der Waals surface area (Å²) < 4.78 is 0. The van der Waals surface area contributed by atoms with Crippen molar-refractivity contribution in [3.8, 4) is 0 Å². The Balaban J connectivity index is 3.09. The summed E-state index contributed by atoms with van der Waals surface area (Å²) in [5.74, 6) is -1.14. The second kappa shape index (κ2) is 7.28. The summed E-state index contributed by atoms with van der Waals surface area (Å²) in [6.07, 6.45) is 4.23. The van der Waals surface area contributed by atoms with Crippen LogP contribution in [0.25, 0.3) is 6.08 Å². The van der Waals surface area contributed by atoms with Crippen LogP contribution in [0.5, 0.6) is 0 Å². The minimum Gasteiger partial charge on any atom is -0.478 e. The van der Waals surface area contributed by atoms with E-state index in [-0.39, 0.29) is 5.69 Å². The highest BCUT2D eigenvalue weighted by atomic mass is 16.6. The van der Waals surface area contributed by atoms with Gasteiger partial charge in [-0.3, -0.25) is 10.1 Å². The highest BCUT2D eigenvalue weighted by molar-refractivity contribution is 5.86. The van der Waals surface area contributed by atoms with E-state index in [1.54, 1.807) is 12.1 Å². The smallest absolute Gasteiger partial charge is 0.328 e. The molecule has 1 rings (SSSR count). The van der Waals surface area contributed by atoms with Crippen LogP contribution in [0.3, 0.4) is 0 Å². The minimum absolute atomic E-state index is 0.102. The molecule has 1 aromatic carbocycles. The number of aliphatic carboxylic acids is 1. The van der Waals surface area contributed by atoms with Crippen LogP contribution in [0, 0.1) is 10.1 Å². The van der Waals surface area contributed by atoms with Gasteiger partial charge < -0.3 is 10.0 Å². The Hall–Kier alpha value is -2.37. The summed E-state index contributed by atoms with van der Waals surface area (Å²) in [6.45, 7) is 2.93. The van der Waals surface area contributed by atoms with Crippen LogP contribution < -0.4 is 4.90 Å². The van der Waals surface area contributed by atoms with Gasteiger partial charge in [-0.1, -0.05) is 13.3 Å². The van der Waals surface area contributed by atoms with Gasteiger partial charge in [0.2, 0.25) is 0 Å². The molecule has 0 radical (unpaired) electrons. The molecule has 0 aliphatic carbocycles. The van der Waals surface area contributed by atoms with E-state index in [1.807, 2.05) is 11.9 Å². The third kappa shape index (κ3) is 4.38. The largest absolute Gasteiger partial charge is 0.478 e. The van der Waals surface area contributed by atoms with Gasteiger partial charge >= 0.3 is 5.97 Å². The summed E-state index contributed by atoms with van der Waals surface area (Å²) in [7, 11) is 1.90. The van der Waals surface area contributed by atoms with Crippen LogP contribution in [-0.2, 0) is 4.79 Å². The van der Waals surface area contributed by atoms with Crippen LogP contribution in [0.1, 0.15) is 25.3 Å². The molecule has 0 aromatic heterocycles. The predicted molar refractivity (Wildman–Crippen MR) is 77.9 cm³/mol. The van der Waals surface area contributed by atoms with Crippen LogP contribution in [0.2, 0.25) is 0 Å². The van der Waals surface area contributed by atoms with Crippen LogP contribution in [0.4, 0.5) is 11.4 Å². The Bertz CT molecular complexity index is 526. The maximum absolute atomic E-state index is 10.9. The average Bonchev–Trinajstić information content (AvgIpc) is 2.41. The molecule has 0 saturated heterocycles. The number of unbranched alkanes of at least 4 members (excludes halogenated alkanes) is 1. The van der Waals surface area contributed by atoms with E-state index in [2.05, 4.69) is 6.92 Å². The first-order valence-electron chi connectivity index (χ1n) is 6.36. The molecule has 0 aliphatic heterocycles. The highest BCUT2D eigenvalue weighted by Gasteiger charge is 2.13. The van der Waals surface area contributed by atoms with Crippen LogP contribution >= 0.6 is 0 Å². The number of hydrogen-bond donors (Lipinski definition) is 1. The Morgan fingerprint density at radius 2 is 2.20 bits per heavy atom. The SMILES string of the molecule is CCCCN(C)c1ccc([N+](=O)[O-])c(/C=C/C(=O)O)c1.